The summed E-state index contributed by atoms with van der Waals surface area (Å²) in [6.07, 6.45) is 1.85. The molecule has 0 bridgehead atoms. The van der Waals surface area contributed by atoms with Gasteiger partial charge in [0.2, 0.25) is 5.78 Å². The van der Waals surface area contributed by atoms with Crippen molar-refractivity contribution in [2.45, 2.75) is 32.6 Å². The molecule has 1 heterocycles. The minimum atomic E-state index is -0.404. The molecule has 5 heteroatoms. The third-order valence-corrected chi connectivity index (χ3v) is 5.46. The van der Waals surface area contributed by atoms with Gasteiger partial charge in [0.1, 0.15) is 17.2 Å². The molecular weight excluding hydrogens is 416 g/mol. The fourth-order valence-electron chi connectivity index (χ4n) is 3.54. The van der Waals surface area contributed by atoms with Crippen LogP contribution in [-0.2, 0) is 16.6 Å². The van der Waals surface area contributed by atoms with Crippen LogP contribution in [0.1, 0.15) is 47.8 Å². The molecular formula is C28H26O5. The largest absolute Gasteiger partial charge is 0.497 e. The molecule has 0 radical (unpaired) electrons. The summed E-state index contributed by atoms with van der Waals surface area (Å²) >= 11 is 0. The molecule has 5 nitrogen and oxygen atoms in total. The number of hydrogen-bond donors (Lipinski definition) is 0. The maximum absolute atomic E-state index is 12.7. The Morgan fingerprint density at radius 1 is 0.939 bits per heavy atom. The van der Waals surface area contributed by atoms with Crippen molar-refractivity contribution in [3.63, 3.8) is 0 Å². The lowest BCUT2D eigenvalue weighted by atomic mass is 9.86. The molecule has 0 unspecified atom stereocenters. The molecule has 0 aromatic heterocycles. The number of ketones is 1. The number of esters is 1. The van der Waals surface area contributed by atoms with E-state index in [0.717, 1.165) is 16.9 Å². The van der Waals surface area contributed by atoms with Crippen molar-refractivity contribution in [1.29, 1.82) is 0 Å². The standard InChI is InChI=1S/C28H26O5/c1-28(2,3)20-9-5-18(6-10-20)15-25-27(30)23-14-13-22(17-24(23)33-25)32-26(29)16-19-7-11-21(31-4)12-8-19/h5-15,17H,16H2,1-4H3/b25-15-. The molecule has 168 valence electrons. The van der Waals surface area contributed by atoms with E-state index in [1.165, 1.54) is 5.56 Å². The minimum absolute atomic E-state index is 0.0583. The van der Waals surface area contributed by atoms with Crippen LogP contribution in [0.2, 0.25) is 0 Å². The number of Topliss-reactive ketones (excluding diaryl/α,β-unsaturated/α-hetero) is 1. The van der Waals surface area contributed by atoms with Gasteiger partial charge in [-0.05, 0) is 52.4 Å². The summed E-state index contributed by atoms with van der Waals surface area (Å²) in [5.41, 5.74) is 3.42. The van der Waals surface area contributed by atoms with Gasteiger partial charge < -0.3 is 14.2 Å². The third-order valence-electron chi connectivity index (χ3n) is 5.46. The van der Waals surface area contributed by atoms with Crippen LogP contribution in [0, 0.1) is 0 Å². The van der Waals surface area contributed by atoms with Gasteiger partial charge in [0.25, 0.3) is 0 Å². The Labute approximate surface area is 193 Å². The number of fused-ring (bicyclic) bond motifs is 1. The molecule has 0 spiro atoms. The van der Waals surface area contributed by atoms with E-state index in [1.807, 2.05) is 24.3 Å². The Morgan fingerprint density at radius 3 is 2.24 bits per heavy atom. The average molecular weight is 443 g/mol. The van der Waals surface area contributed by atoms with Crippen LogP contribution in [0.5, 0.6) is 17.2 Å². The van der Waals surface area contributed by atoms with Crippen molar-refractivity contribution in [3.8, 4) is 17.2 Å². The second-order valence-corrected chi connectivity index (χ2v) is 8.97. The zero-order chi connectivity index (χ0) is 23.6. The molecule has 33 heavy (non-hydrogen) atoms. The quantitative estimate of drug-likeness (QED) is 0.286. The highest BCUT2D eigenvalue weighted by Gasteiger charge is 2.28. The molecule has 1 aliphatic rings. The summed E-state index contributed by atoms with van der Waals surface area (Å²) < 4.78 is 16.4. The number of carbonyl (C=O) groups excluding carboxylic acids is 2. The van der Waals surface area contributed by atoms with Crippen LogP contribution in [-0.4, -0.2) is 18.9 Å². The molecule has 1 aliphatic heterocycles. The van der Waals surface area contributed by atoms with E-state index in [4.69, 9.17) is 14.2 Å². The predicted molar refractivity (Wildman–Crippen MR) is 127 cm³/mol. The van der Waals surface area contributed by atoms with Crippen molar-refractivity contribution in [2.24, 2.45) is 0 Å². The van der Waals surface area contributed by atoms with Gasteiger partial charge in [0.05, 0.1) is 19.1 Å². The Hall–Kier alpha value is -3.86. The highest BCUT2D eigenvalue weighted by atomic mass is 16.5. The number of rotatable bonds is 5. The molecule has 0 saturated carbocycles. The second kappa shape index (κ2) is 8.94. The molecule has 0 fully saturated rings. The van der Waals surface area contributed by atoms with Crippen LogP contribution < -0.4 is 14.2 Å². The normalized spacial score (nSPS) is 14.1. The lowest BCUT2D eigenvalue weighted by molar-refractivity contribution is -0.133. The van der Waals surface area contributed by atoms with E-state index < -0.39 is 5.97 Å². The fraction of sp³-hybridized carbons (Fsp3) is 0.214. The maximum atomic E-state index is 12.7. The van der Waals surface area contributed by atoms with Gasteiger partial charge in [-0.1, -0.05) is 57.2 Å². The van der Waals surface area contributed by atoms with Crippen LogP contribution in [0.4, 0.5) is 0 Å². The highest BCUT2D eigenvalue weighted by Crippen LogP contribution is 2.35. The van der Waals surface area contributed by atoms with Crippen molar-refractivity contribution in [3.05, 3.63) is 94.7 Å². The van der Waals surface area contributed by atoms with Gasteiger partial charge in [0, 0.05) is 6.07 Å². The lowest BCUT2D eigenvalue weighted by Crippen LogP contribution is -2.11. The van der Waals surface area contributed by atoms with E-state index in [9.17, 15) is 9.59 Å². The Morgan fingerprint density at radius 2 is 1.61 bits per heavy atom. The van der Waals surface area contributed by atoms with Crippen molar-refractivity contribution in [1.82, 2.24) is 0 Å². The van der Waals surface area contributed by atoms with Crippen molar-refractivity contribution in [2.75, 3.05) is 7.11 Å². The number of ether oxygens (including phenoxy) is 3. The smallest absolute Gasteiger partial charge is 0.315 e. The van der Waals surface area contributed by atoms with Crippen LogP contribution in [0.15, 0.2) is 72.5 Å². The average Bonchev–Trinajstić information content (AvgIpc) is 3.08. The second-order valence-electron chi connectivity index (χ2n) is 8.97. The number of hydrogen-bond acceptors (Lipinski definition) is 5. The number of allylic oxidation sites excluding steroid dienone is 1. The molecule has 0 saturated heterocycles. The Bertz CT molecular complexity index is 1210. The first-order valence-corrected chi connectivity index (χ1v) is 10.8. The summed E-state index contributed by atoms with van der Waals surface area (Å²) in [5, 5.41) is 0. The predicted octanol–water partition coefficient (Wildman–Crippen LogP) is 5.76. The minimum Gasteiger partial charge on any atom is -0.497 e. The molecule has 0 N–H and O–H groups in total. The highest BCUT2D eigenvalue weighted by molar-refractivity contribution is 6.14. The van der Waals surface area contributed by atoms with E-state index in [-0.39, 0.29) is 23.4 Å². The first kappa shape index (κ1) is 22.3. The summed E-state index contributed by atoms with van der Waals surface area (Å²) in [4.78, 5) is 25.1. The monoisotopic (exact) mass is 442 g/mol. The summed E-state index contributed by atoms with van der Waals surface area (Å²) in [7, 11) is 1.59. The van der Waals surface area contributed by atoms with Crippen LogP contribution in [0.3, 0.4) is 0 Å². The first-order chi connectivity index (χ1) is 15.7. The van der Waals surface area contributed by atoms with Crippen LogP contribution >= 0.6 is 0 Å². The van der Waals surface area contributed by atoms with Crippen molar-refractivity contribution < 1.29 is 23.8 Å². The number of carbonyl (C=O) groups is 2. The number of benzene rings is 3. The first-order valence-electron chi connectivity index (χ1n) is 10.8. The molecule has 0 aliphatic carbocycles. The van der Waals surface area contributed by atoms with Gasteiger partial charge in [-0.2, -0.15) is 0 Å². The Kier molecular flexibility index (Phi) is 6.05. The van der Waals surface area contributed by atoms with E-state index in [2.05, 4.69) is 32.9 Å². The van der Waals surface area contributed by atoms with E-state index in [0.29, 0.717) is 17.1 Å². The molecule has 3 aromatic rings. The van der Waals surface area contributed by atoms with E-state index >= 15 is 0 Å². The van der Waals surface area contributed by atoms with Gasteiger partial charge in [-0.3, -0.25) is 9.59 Å². The molecule has 3 aromatic carbocycles. The van der Waals surface area contributed by atoms with Crippen molar-refractivity contribution >= 4 is 17.8 Å². The van der Waals surface area contributed by atoms with Crippen LogP contribution in [0.25, 0.3) is 6.08 Å². The van der Waals surface area contributed by atoms with Gasteiger partial charge in [-0.15, -0.1) is 0 Å². The SMILES string of the molecule is COc1ccc(CC(=O)Oc2ccc3c(c2)O/C(=C\c2ccc(C(C)(C)C)cc2)C3=O)cc1. The molecule has 0 atom stereocenters. The molecule has 0 amide bonds. The van der Waals surface area contributed by atoms with Gasteiger partial charge in [0.15, 0.2) is 5.76 Å². The maximum Gasteiger partial charge on any atom is 0.315 e. The third kappa shape index (κ3) is 5.14. The molecule has 4 rings (SSSR count). The summed E-state index contributed by atoms with van der Waals surface area (Å²) in [6.45, 7) is 6.46. The van der Waals surface area contributed by atoms with Gasteiger partial charge >= 0.3 is 5.97 Å². The summed E-state index contributed by atoms with van der Waals surface area (Å²) in [6, 6.07) is 20.1. The fourth-order valence-corrected chi connectivity index (χ4v) is 3.54. The zero-order valence-electron chi connectivity index (χ0n) is 19.2. The van der Waals surface area contributed by atoms with E-state index in [1.54, 1.807) is 43.5 Å². The topological polar surface area (TPSA) is 61.8 Å². The summed E-state index contributed by atoms with van der Waals surface area (Å²) in [5.74, 6) is 1.08. The zero-order valence-corrected chi connectivity index (χ0v) is 19.2. The van der Waals surface area contributed by atoms with Gasteiger partial charge in [-0.25, -0.2) is 0 Å². The Balaban J connectivity index is 1.44. The lowest BCUT2D eigenvalue weighted by Gasteiger charge is -2.18. The number of methoxy groups -OCH3 is 1.